The average Bonchev–Trinajstić information content (AvgIpc) is 3.58. The summed E-state index contributed by atoms with van der Waals surface area (Å²) in [6.45, 7) is 5.23. The van der Waals surface area contributed by atoms with Gasteiger partial charge in [-0.15, -0.1) is 0 Å². The van der Waals surface area contributed by atoms with Crippen molar-refractivity contribution in [3.05, 3.63) is 76.8 Å². The van der Waals surface area contributed by atoms with Crippen LogP contribution >= 0.6 is 0 Å². The topological polar surface area (TPSA) is 112 Å². The van der Waals surface area contributed by atoms with Crippen LogP contribution in [-0.2, 0) is 9.59 Å². The molecule has 36 heavy (non-hydrogen) atoms. The quantitative estimate of drug-likeness (QED) is 0.254. The maximum absolute atomic E-state index is 13.4. The van der Waals surface area contributed by atoms with E-state index >= 15 is 0 Å². The minimum Gasteiger partial charge on any atom is -0.507 e. The van der Waals surface area contributed by atoms with Gasteiger partial charge in [-0.05, 0) is 67.4 Å². The molecule has 0 radical (unpaired) electrons. The molecule has 9 nitrogen and oxygen atoms in total. The van der Waals surface area contributed by atoms with Gasteiger partial charge in [-0.2, -0.15) is 0 Å². The van der Waals surface area contributed by atoms with Gasteiger partial charge in [0.15, 0.2) is 0 Å². The number of Topliss-reactive ketones (excluding diaryl/α,β-unsaturated/α-hetero) is 1. The van der Waals surface area contributed by atoms with Crippen molar-refractivity contribution in [3.63, 3.8) is 0 Å². The number of rotatable bonds is 3. The summed E-state index contributed by atoms with van der Waals surface area (Å²) in [5.41, 5.74) is 4.67. The van der Waals surface area contributed by atoms with Crippen LogP contribution in [0, 0.1) is 13.8 Å². The number of anilines is 2. The molecule has 9 heteroatoms. The summed E-state index contributed by atoms with van der Waals surface area (Å²) in [5.74, 6) is -0.677. The molecule has 2 aliphatic rings. The molecule has 2 aliphatic heterocycles. The number of fused-ring (bicyclic) bond motifs is 2. The van der Waals surface area contributed by atoms with E-state index in [0.29, 0.717) is 35.7 Å². The van der Waals surface area contributed by atoms with Gasteiger partial charge in [0.05, 0.1) is 35.1 Å². The zero-order valence-corrected chi connectivity index (χ0v) is 20.0. The van der Waals surface area contributed by atoms with E-state index in [4.69, 9.17) is 9.15 Å². The summed E-state index contributed by atoms with van der Waals surface area (Å²) in [7, 11) is 1.93. The van der Waals surface area contributed by atoms with Gasteiger partial charge >= 0.3 is 5.91 Å². The number of benzene rings is 2. The standard InChI is InChI=1S/C27H24N4O5/c1-14-11-17-18(12-15(14)2)29-27(28-17)31-23(21-5-4-9-35-21)22(25(33)26(31)34)24(32)16-6-7-20-19(13-16)30(3)8-10-36-20/h4-7,9,11-13,23,32H,8,10H2,1-3H3,(H,28,29)/b24-22+. The summed E-state index contributed by atoms with van der Waals surface area (Å²) < 4.78 is 11.3. The molecule has 1 amide bonds. The van der Waals surface area contributed by atoms with Gasteiger partial charge in [-0.1, -0.05) is 0 Å². The molecule has 4 aromatic rings. The highest BCUT2D eigenvalue weighted by Gasteiger charge is 2.49. The van der Waals surface area contributed by atoms with Crippen LogP contribution in [0.4, 0.5) is 11.6 Å². The predicted octanol–water partition coefficient (Wildman–Crippen LogP) is 4.23. The van der Waals surface area contributed by atoms with E-state index in [1.54, 1.807) is 30.3 Å². The number of imidazole rings is 1. The first-order valence-corrected chi connectivity index (χ1v) is 11.6. The number of furan rings is 1. The van der Waals surface area contributed by atoms with E-state index in [0.717, 1.165) is 22.3 Å². The Labute approximate surface area is 206 Å². The van der Waals surface area contributed by atoms with Crippen LogP contribution in [0.5, 0.6) is 5.75 Å². The number of nitrogens with one attached hydrogen (secondary N) is 1. The fraction of sp³-hybridized carbons (Fsp3) is 0.222. The van der Waals surface area contributed by atoms with E-state index < -0.39 is 17.7 Å². The average molecular weight is 485 g/mol. The number of carbonyl (C=O) groups excluding carboxylic acids is 2. The molecule has 0 spiro atoms. The molecule has 0 saturated carbocycles. The summed E-state index contributed by atoms with van der Waals surface area (Å²) in [5, 5.41) is 11.4. The van der Waals surface area contributed by atoms with Gasteiger partial charge in [-0.3, -0.25) is 14.5 Å². The van der Waals surface area contributed by atoms with Crippen LogP contribution in [0.25, 0.3) is 16.8 Å². The lowest BCUT2D eigenvalue weighted by molar-refractivity contribution is -0.132. The van der Waals surface area contributed by atoms with E-state index in [2.05, 4.69) is 9.97 Å². The second-order valence-electron chi connectivity index (χ2n) is 9.15. The summed E-state index contributed by atoms with van der Waals surface area (Å²) in [6.07, 6.45) is 1.46. The molecule has 2 aromatic heterocycles. The van der Waals surface area contributed by atoms with Crippen LogP contribution in [0.3, 0.4) is 0 Å². The number of hydrogen-bond donors (Lipinski definition) is 2. The number of nitrogens with zero attached hydrogens (tertiary/aromatic N) is 3. The summed E-state index contributed by atoms with van der Waals surface area (Å²) in [4.78, 5) is 37.7. The number of aromatic nitrogens is 2. The Kier molecular flexibility index (Phi) is 4.89. The molecule has 0 bridgehead atoms. The molecule has 1 saturated heterocycles. The Balaban J connectivity index is 1.52. The SMILES string of the molecule is Cc1cc2nc(N3C(=O)C(=O)/C(=C(/O)c4ccc5c(c4)N(C)CCO5)C3c3ccco3)[nH]c2cc1C. The lowest BCUT2D eigenvalue weighted by Gasteiger charge is -2.28. The maximum Gasteiger partial charge on any atom is 0.302 e. The largest absolute Gasteiger partial charge is 0.507 e. The minimum atomic E-state index is -0.993. The van der Waals surface area contributed by atoms with Crippen LogP contribution < -0.4 is 14.5 Å². The van der Waals surface area contributed by atoms with Crippen LogP contribution in [0.1, 0.15) is 28.5 Å². The van der Waals surface area contributed by atoms with Crippen molar-refractivity contribution in [1.82, 2.24) is 9.97 Å². The van der Waals surface area contributed by atoms with E-state index in [1.165, 1.54) is 11.2 Å². The van der Waals surface area contributed by atoms with Crippen molar-refractivity contribution in [2.75, 3.05) is 30.0 Å². The van der Waals surface area contributed by atoms with Crippen molar-refractivity contribution >= 4 is 40.1 Å². The van der Waals surface area contributed by atoms with Crippen LogP contribution in [0.15, 0.2) is 58.7 Å². The Hall–Kier alpha value is -4.53. The number of likely N-dealkylation sites (N-methyl/N-ethyl adjacent to an activating group) is 1. The number of amides is 1. The Morgan fingerprint density at radius 3 is 2.72 bits per heavy atom. The second kappa shape index (κ2) is 8.01. The Morgan fingerprint density at radius 2 is 1.94 bits per heavy atom. The van der Waals surface area contributed by atoms with E-state index in [1.807, 2.05) is 37.9 Å². The lowest BCUT2D eigenvalue weighted by Crippen LogP contribution is -2.30. The van der Waals surface area contributed by atoms with Gasteiger partial charge in [0.25, 0.3) is 5.78 Å². The molecule has 1 atom stereocenters. The van der Waals surface area contributed by atoms with Crippen molar-refractivity contribution in [2.24, 2.45) is 0 Å². The molecule has 182 valence electrons. The number of H-pyrrole nitrogens is 1. The van der Waals surface area contributed by atoms with Crippen molar-refractivity contribution in [1.29, 1.82) is 0 Å². The molecule has 1 unspecified atom stereocenters. The summed E-state index contributed by atoms with van der Waals surface area (Å²) >= 11 is 0. The van der Waals surface area contributed by atoms with Crippen LogP contribution in [-0.4, -0.2) is 47.0 Å². The zero-order valence-electron chi connectivity index (χ0n) is 20.0. The van der Waals surface area contributed by atoms with Crippen molar-refractivity contribution in [2.45, 2.75) is 19.9 Å². The smallest absolute Gasteiger partial charge is 0.302 e. The van der Waals surface area contributed by atoms with Crippen molar-refractivity contribution < 1.29 is 23.8 Å². The van der Waals surface area contributed by atoms with Gasteiger partial charge in [-0.25, -0.2) is 4.98 Å². The lowest BCUT2D eigenvalue weighted by atomic mass is 9.98. The number of ether oxygens (including phenoxy) is 1. The number of aliphatic hydroxyl groups is 1. The first-order chi connectivity index (χ1) is 17.3. The van der Waals surface area contributed by atoms with E-state index in [9.17, 15) is 14.7 Å². The Bertz CT molecular complexity index is 1530. The first kappa shape index (κ1) is 22.0. The molecular weight excluding hydrogens is 460 g/mol. The monoisotopic (exact) mass is 484 g/mol. The highest BCUT2D eigenvalue weighted by Crippen LogP contribution is 2.43. The van der Waals surface area contributed by atoms with Gasteiger partial charge in [0.2, 0.25) is 5.95 Å². The third-order valence-corrected chi connectivity index (χ3v) is 6.90. The minimum absolute atomic E-state index is 0.0675. The van der Waals surface area contributed by atoms with E-state index in [-0.39, 0.29) is 17.3 Å². The molecule has 0 aliphatic carbocycles. The second-order valence-corrected chi connectivity index (χ2v) is 9.15. The van der Waals surface area contributed by atoms with Gasteiger partial charge in [0, 0.05) is 12.6 Å². The van der Waals surface area contributed by atoms with Gasteiger partial charge < -0.3 is 24.1 Å². The van der Waals surface area contributed by atoms with Gasteiger partial charge in [0.1, 0.15) is 29.9 Å². The number of aromatic amines is 1. The molecule has 6 rings (SSSR count). The highest BCUT2D eigenvalue weighted by molar-refractivity contribution is 6.51. The third kappa shape index (κ3) is 3.27. The van der Waals surface area contributed by atoms with Crippen LogP contribution in [0.2, 0.25) is 0 Å². The number of ketones is 1. The molecule has 2 N–H and O–H groups in total. The number of hydrogen-bond acceptors (Lipinski definition) is 7. The number of aryl methyl sites for hydroxylation is 2. The zero-order chi connectivity index (χ0) is 25.1. The summed E-state index contributed by atoms with van der Waals surface area (Å²) in [6, 6.07) is 11.4. The maximum atomic E-state index is 13.4. The molecule has 1 fully saturated rings. The number of aliphatic hydroxyl groups excluding tert-OH is 1. The highest BCUT2D eigenvalue weighted by atomic mass is 16.5. The predicted molar refractivity (Wildman–Crippen MR) is 134 cm³/mol. The fourth-order valence-corrected chi connectivity index (χ4v) is 4.79. The fourth-order valence-electron chi connectivity index (χ4n) is 4.79. The normalized spacial score (nSPS) is 19.1. The third-order valence-electron chi connectivity index (χ3n) is 6.90. The first-order valence-electron chi connectivity index (χ1n) is 11.6. The molecule has 2 aromatic carbocycles. The molecule has 4 heterocycles. The Morgan fingerprint density at radius 1 is 1.14 bits per heavy atom. The van der Waals surface area contributed by atoms with Crippen molar-refractivity contribution in [3.8, 4) is 5.75 Å². The number of carbonyl (C=O) groups is 2. The molecular formula is C27H24N4O5.